The smallest absolute Gasteiger partial charge is 0.176 e. The number of hydrazone groups is 2. The fraction of sp³-hybridized carbons (Fsp3) is 0. The molecular weight excluding hydrogens is 364 g/mol. The number of rotatable bonds is 6. The molecule has 0 spiro atoms. The third-order valence-corrected chi connectivity index (χ3v) is 5.11. The van der Waals surface area contributed by atoms with Gasteiger partial charge in [0.25, 0.3) is 0 Å². The van der Waals surface area contributed by atoms with Crippen LogP contribution in [0.25, 0.3) is 10.8 Å². The van der Waals surface area contributed by atoms with Crippen LogP contribution in [0, 0.1) is 0 Å². The molecule has 128 valence electrons. The average molecular weight is 378 g/mol. The Bertz CT molecular complexity index is 954. The first-order chi connectivity index (χ1) is 12.9. The van der Waals surface area contributed by atoms with Gasteiger partial charge in [-0.15, -0.1) is 32.9 Å². The summed E-state index contributed by atoms with van der Waals surface area (Å²) in [7, 11) is 0. The Labute approximate surface area is 157 Å². The van der Waals surface area contributed by atoms with Crippen LogP contribution in [-0.4, -0.2) is 22.6 Å². The number of nitrogens with zero attached hydrogens (tertiary/aromatic N) is 4. The van der Waals surface area contributed by atoms with Crippen LogP contribution in [0.2, 0.25) is 0 Å². The monoisotopic (exact) mass is 378 g/mol. The molecule has 0 bridgehead atoms. The Morgan fingerprint density at radius 1 is 0.692 bits per heavy atom. The van der Waals surface area contributed by atoms with E-state index in [4.69, 9.17) is 0 Å². The van der Waals surface area contributed by atoms with Gasteiger partial charge in [0.2, 0.25) is 0 Å². The van der Waals surface area contributed by atoms with Crippen molar-refractivity contribution in [3.8, 4) is 0 Å². The third-order valence-electron chi connectivity index (χ3n) is 3.50. The average Bonchev–Trinajstić information content (AvgIpc) is 3.37. The molecule has 0 aliphatic rings. The van der Waals surface area contributed by atoms with E-state index in [1.165, 1.54) is 0 Å². The van der Waals surface area contributed by atoms with Crippen LogP contribution in [0.5, 0.6) is 0 Å². The normalized spacial score (nSPS) is 11.5. The highest BCUT2D eigenvalue weighted by Crippen LogP contribution is 2.25. The number of nitrogens with one attached hydrogen (secondary N) is 2. The first-order valence-electron chi connectivity index (χ1n) is 7.81. The predicted molar refractivity (Wildman–Crippen MR) is 111 cm³/mol. The third kappa shape index (κ3) is 3.76. The Morgan fingerprint density at radius 3 is 1.62 bits per heavy atom. The summed E-state index contributed by atoms with van der Waals surface area (Å²) >= 11 is 3.24. The molecule has 1 aromatic carbocycles. The van der Waals surface area contributed by atoms with Gasteiger partial charge in [0.05, 0.1) is 12.4 Å². The zero-order valence-corrected chi connectivity index (χ0v) is 15.2. The summed E-state index contributed by atoms with van der Waals surface area (Å²) in [6.07, 6.45) is 3.53. The van der Waals surface area contributed by atoms with Crippen molar-refractivity contribution in [2.45, 2.75) is 0 Å². The van der Waals surface area contributed by atoms with Gasteiger partial charge < -0.3 is 0 Å². The minimum Gasteiger partial charge on any atom is -0.259 e. The lowest BCUT2D eigenvalue weighted by Crippen LogP contribution is -2.01. The zero-order chi connectivity index (χ0) is 17.6. The van der Waals surface area contributed by atoms with Crippen molar-refractivity contribution in [2.24, 2.45) is 10.2 Å². The minimum atomic E-state index is 0.598. The second-order valence-corrected chi connectivity index (χ2v) is 7.17. The van der Waals surface area contributed by atoms with Crippen molar-refractivity contribution in [2.75, 3.05) is 10.9 Å². The lowest BCUT2D eigenvalue weighted by Gasteiger charge is -2.07. The van der Waals surface area contributed by atoms with Gasteiger partial charge in [0.15, 0.2) is 11.6 Å². The highest BCUT2D eigenvalue weighted by molar-refractivity contribution is 7.12. The molecule has 0 saturated carbocycles. The highest BCUT2D eigenvalue weighted by atomic mass is 32.1. The van der Waals surface area contributed by atoms with Crippen LogP contribution < -0.4 is 10.9 Å². The largest absolute Gasteiger partial charge is 0.259 e. The maximum atomic E-state index is 4.24. The summed E-state index contributed by atoms with van der Waals surface area (Å²) in [5.74, 6) is 1.20. The number of anilines is 2. The maximum Gasteiger partial charge on any atom is 0.176 e. The van der Waals surface area contributed by atoms with Crippen LogP contribution in [-0.2, 0) is 0 Å². The molecule has 0 radical (unpaired) electrons. The van der Waals surface area contributed by atoms with Crippen LogP contribution in [0.4, 0.5) is 11.6 Å². The Morgan fingerprint density at radius 2 is 1.19 bits per heavy atom. The number of benzene rings is 1. The second-order valence-electron chi connectivity index (χ2n) is 5.21. The van der Waals surface area contributed by atoms with Gasteiger partial charge in [-0.25, -0.2) is 0 Å². The Hall–Kier alpha value is -3.10. The van der Waals surface area contributed by atoms with E-state index < -0.39 is 0 Å². The van der Waals surface area contributed by atoms with E-state index >= 15 is 0 Å². The molecule has 0 fully saturated rings. The van der Waals surface area contributed by atoms with Gasteiger partial charge in [0.1, 0.15) is 0 Å². The van der Waals surface area contributed by atoms with Crippen LogP contribution in [0.15, 0.2) is 69.5 Å². The van der Waals surface area contributed by atoms with Crippen LogP contribution >= 0.6 is 22.7 Å². The van der Waals surface area contributed by atoms with E-state index in [2.05, 4.69) is 31.3 Å². The topological polar surface area (TPSA) is 74.6 Å². The molecule has 0 unspecified atom stereocenters. The lowest BCUT2D eigenvalue weighted by molar-refractivity contribution is 1.03. The van der Waals surface area contributed by atoms with E-state index in [1.54, 1.807) is 35.1 Å². The van der Waals surface area contributed by atoms with Gasteiger partial charge in [-0.05, 0) is 22.9 Å². The SMILES string of the molecule is C(=N\Nc1nnc(N/N=C/c2cccs2)c2ccccc12)/c1cccs1. The summed E-state index contributed by atoms with van der Waals surface area (Å²) < 4.78 is 0. The number of fused-ring (bicyclic) bond motifs is 1. The fourth-order valence-corrected chi connectivity index (χ4v) is 3.48. The Balaban J connectivity index is 1.56. The summed E-state index contributed by atoms with van der Waals surface area (Å²) in [4.78, 5) is 2.13. The number of thiophene rings is 2. The van der Waals surface area contributed by atoms with Crippen molar-refractivity contribution in [3.05, 3.63) is 69.0 Å². The molecule has 0 aliphatic carbocycles. The standard InChI is InChI=1S/C18H14N6S2/c1-2-8-16-15(7-1)17(21-19-11-13-5-3-9-25-13)23-24-18(16)22-20-12-14-6-4-10-26-14/h1-12H,(H,21,23)(H,22,24)/b19-11+,20-12+. The molecule has 8 heteroatoms. The summed E-state index contributed by atoms with van der Waals surface area (Å²) in [6.45, 7) is 0. The van der Waals surface area contributed by atoms with E-state index in [-0.39, 0.29) is 0 Å². The lowest BCUT2D eigenvalue weighted by atomic mass is 10.2. The molecule has 0 amide bonds. The van der Waals surface area contributed by atoms with Gasteiger partial charge in [-0.3, -0.25) is 10.9 Å². The first kappa shape index (κ1) is 16.4. The maximum absolute atomic E-state index is 4.24. The van der Waals surface area contributed by atoms with Crippen molar-refractivity contribution < 1.29 is 0 Å². The van der Waals surface area contributed by atoms with E-state index in [1.807, 2.05) is 59.3 Å². The molecule has 4 rings (SSSR count). The number of hydrogen-bond acceptors (Lipinski definition) is 8. The predicted octanol–water partition coefficient (Wildman–Crippen LogP) is 4.64. The first-order valence-corrected chi connectivity index (χ1v) is 9.57. The van der Waals surface area contributed by atoms with Crippen molar-refractivity contribution in [1.82, 2.24) is 10.2 Å². The molecule has 0 saturated heterocycles. The summed E-state index contributed by atoms with van der Waals surface area (Å²) in [6, 6.07) is 15.8. The highest BCUT2D eigenvalue weighted by Gasteiger charge is 2.07. The van der Waals surface area contributed by atoms with Gasteiger partial charge in [0, 0.05) is 20.5 Å². The molecule has 3 heterocycles. The van der Waals surface area contributed by atoms with Gasteiger partial charge >= 0.3 is 0 Å². The zero-order valence-electron chi connectivity index (χ0n) is 13.5. The van der Waals surface area contributed by atoms with E-state index in [9.17, 15) is 0 Å². The van der Waals surface area contributed by atoms with Crippen molar-refractivity contribution in [1.29, 1.82) is 0 Å². The molecule has 2 N–H and O–H groups in total. The molecule has 0 aliphatic heterocycles. The van der Waals surface area contributed by atoms with Crippen molar-refractivity contribution in [3.63, 3.8) is 0 Å². The second kappa shape index (κ2) is 7.85. The van der Waals surface area contributed by atoms with Crippen molar-refractivity contribution >= 4 is 57.5 Å². The molecule has 4 aromatic rings. The summed E-state index contributed by atoms with van der Waals surface area (Å²) in [5.41, 5.74) is 5.94. The molecule has 6 nitrogen and oxygen atoms in total. The number of aromatic nitrogens is 2. The fourth-order valence-electron chi connectivity index (χ4n) is 2.31. The quantitative estimate of drug-likeness (QED) is 0.378. The Kier molecular flexibility index (Phi) is 4.95. The van der Waals surface area contributed by atoms with Crippen LogP contribution in [0.1, 0.15) is 9.75 Å². The van der Waals surface area contributed by atoms with E-state index in [0.29, 0.717) is 11.6 Å². The van der Waals surface area contributed by atoms with Crippen LogP contribution in [0.3, 0.4) is 0 Å². The molecule has 26 heavy (non-hydrogen) atoms. The molecule has 3 aromatic heterocycles. The molecule has 0 atom stereocenters. The number of hydrogen-bond donors (Lipinski definition) is 2. The van der Waals surface area contributed by atoms with Gasteiger partial charge in [-0.2, -0.15) is 10.2 Å². The molecular formula is C18H14N6S2. The minimum absolute atomic E-state index is 0.598. The van der Waals surface area contributed by atoms with Gasteiger partial charge in [-0.1, -0.05) is 36.4 Å². The summed E-state index contributed by atoms with van der Waals surface area (Å²) in [5, 5.41) is 22.8. The van der Waals surface area contributed by atoms with E-state index in [0.717, 1.165) is 20.5 Å².